The summed E-state index contributed by atoms with van der Waals surface area (Å²) < 4.78 is 0. The van der Waals surface area contributed by atoms with Crippen LogP contribution in [0, 0.1) is 11.8 Å². The Morgan fingerprint density at radius 3 is 2.50 bits per heavy atom. The maximum absolute atomic E-state index is 12.5. The summed E-state index contributed by atoms with van der Waals surface area (Å²) in [6.07, 6.45) is 0. The molecule has 0 bridgehead atoms. The van der Waals surface area contributed by atoms with Crippen LogP contribution in [-0.4, -0.2) is 50.1 Å². The molecule has 2 aliphatic heterocycles. The number of nitrogens with one attached hydrogen (secondary N) is 1. The van der Waals surface area contributed by atoms with E-state index in [9.17, 15) is 4.79 Å². The van der Waals surface area contributed by atoms with Gasteiger partial charge in [-0.3, -0.25) is 4.79 Å². The fourth-order valence-corrected chi connectivity index (χ4v) is 3.20. The van der Waals surface area contributed by atoms with Gasteiger partial charge in [-0.15, -0.1) is 12.4 Å². The minimum absolute atomic E-state index is 0. The molecular weight excluding hydrogens is 321 g/mol. The highest BCUT2D eigenvalue weighted by molar-refractivity contribution is 6.30. The lowest BCUT2D eigenvalue weighted by Gasteiger charge is -2.40. The molecule has 1 N–H and O–H groups in total. The Kier molecular flexibility index (Phi) is 5.95. The lowest BCUT2D eigenvalue weighted by Crippen LogP contribution is -2.54. The Balaban J connectivity index is 0.00000176. The zero-order valence-electron chi connectivity index (χ0n) is 12.8. The number of piperazine rings is 1. The van der Waals surface area contributed by atoms with Crippen molar-refractivity contribution in [3.63, 3.8) is 0 Å². The quantitative estimate of drug-likeness (QED) is 0.914. The molecule has 3 rings (SSSR count). The van der Waals surface area contributed by atoms with Crippen molar-refractivity contribution in [2.75, 3.05) is 44.2 Å². The topological polar surface area (TPSA) is 35.6 Å². The fourth-order valence-electron chi connectivity index (χ4n) is 3.01. The van der Waals surface area contributed by atoms with Crippen LogP contribution in [0.1, 0.15) is 6.92 Å². The van der Waals surface area contributed by atoms with Gasteiger partial charge in [-0.1, -0.05) is 24.6 Å². The molecule has 0 spiro atoms. The van der Waals surface area contributed by atoms with Gasteiger partial charge in [0, 0.05) is 42.8 Å². The number of halogens is 2. The average molecular weight is 344 g/mol. The summed E-state index contributed by atoms with van der Waals surface area (Å²) >= 11 is 6.04. The molecular formula is C16H23Cl2N3O. The van der Waals surface area contributed by atoms with Crippen molar-refractivity contribution in [1.29, 1.82) is 0 Å². The van der Waals surface area contributed by atoms with Gasteiger partial charge in [-0.05, 0) is 37.2 Å². The van der Waals surface area contributed by atoms with Gasteiger partial charge in [0.2, 0.25) is 5.91 Å². The number of amides is 1. The molecule has 6 heteroatoms. The first kappa shape index (κ1) is 17.4. The van der Waals surface area contributed by atoms with Gasteiger partial charge >= 0.3 is 0 Å². The monoisotopic (exact) mass is 343 g/mol. The normalized spacial score (nSPS) is 20.1. The van der Waals surface area contributed by atoms with E-state index in [-0.39, 0.29) is 18.3 Å². The number of nitrogens with zero attached hydrogens (tertiary/aromatic N) is 2. The van der Waals surface area contributed by atoms with Crippen LogP contribution in [0.2, 0.25) is 5.02 Å². The first-order valence-electron chi connectivity index (χ1n) is 7.65. The molecule has 1 amide bonds. The summed E-state index contributed by atoms with van der Waals surface area (Å²) in [6.45, 7) is 7.39. The molecule has 0 aliphatic carbocycles. The standard InChI is InChI=1S/C16H22ClN3O.ClH/c1-12(13-10-18-11-13)16(21)20-7-5-19(6-8-20)15-4-2-3-14(17)9-15;/h2-4,9,12-13,18H,5-8,10-11H2,1H3;1H. The van der Waals surface area contributed by atoms with E-state index in [1.54, 1.807) is 0 Å². The number of rotatable bonds is 3. The van der Waals surface area contributed by atoms with Crippen LogP contribution in [0.5, 0.6) is 0 Å². The number of benzene rings is 1. The van der Waals surface area contributed by atoms with Crippen LogP contribution >= 0.6 is 24.0 Å². The van der Waals surface area contributed by atoms with Crippen molar-refractivity contribution in [2.24, 2.45) is 11.8 Å². The second-order valence-corrected chi connectivity index (χ2v) is 6.44. The predicted molar refractivity (Wildman–Crippen MR) is 93.0 cm³/mol. The molecule has 1 aromatic carbocycles. The number of hydrogen-bond donors (Lipinski definition) is 1. The van der Waals surface area contributed by atoms with Gasteiger partial charge in [0.1, 0.15) is 0 Å². The zero-order chi connectivity index (χ0) is 14.8. The molecule has 1 aromatic rings. The maximum Gasteiger partial charge on any atom is 0.225 e. The Morgan fingerprint density at radius 2 is 1.95 bits per heavy atom. The molecule has 2 aliphatic rings. The van der Waals surface area contributed by atoms with E-state index in [0.29, 0.717) is 11.8 Å². The molecule has 1 unspecified atom stereocenters. The minimum Gasteiger partial charge on any atom is -0.368 e. The second kappa shape index (κ2) is 7.53. The van der Waals surface area contributed by atoms with Crippen LogP contribution in [0.15, 0.2) is 24.3 Å². The molecule has 0 radical (unpaired) electrons. The summed E-state index contributed by atoms with van der Waals surface area (Å²) in [4.78, 5) is 16.8. The maximum atomic E-state index is 12.5. The van der Waals surface area contributed by atoms with Crippen molar-refractivity contribution in [1.82, 2.24) is 10.2 Å². The van der Waals surface area contributed by atoms with Crippen LogP contribution in [0.25, 0.3) is 0 Å². The molecule has 22 heavy (non-hydrogen) atoms. The fraction of sp³-hybridized carbons (Fsp3) is 0.562. The number of carbonyl (C=O) groups is 1. The highest BCUT2D eigenvalue weighted by atomic mass is 35.5. The SMILES string of the molecule is CC(C(=O)N1CCN(c2cccc(Cl)c2)CC1)C1CNC1.Cl. The van der Waals surface area contributed by atoms with Gasteiger partial charge in [-0.25, -0.2) is 0 Å². The van der Waals surface area contributed by atoms with E-state index in [4.69, 9.17) is 11.6 Å². The van der Waals surface area contributed by atoms with E-state index >= 15 is 0 Å². The summed E-state index contributed by atoms with van der Waals surface area (Å²) in [5.74, 6) is 0.972. The van der Waals surface area contributed by atoms with E-state index in [1.807, 2.05) is 23.1 Å². The predicted octanol–water partition coefficient (Wildman–Crippen LogP) is 2.27. The summed E-state index contributed by atoms with van der Waals surface area (Å²) in [7, 11) is 0. The number of anilines is 1. The zero-order valence-corrected chi connectivity index (χ0v) is 14.4. The first-order chi connectivity index (χ1) is 10.1. The average Bonchev–Trinajstić information content (AvgIpc) is 2.45. The Bertz CT molecular complexity index is 514. The second-order valence-electron chi connectivity index (χ2n) is 6.00. The van der Waals surface area contributed by atoms with Crippen molar-refractivity contribution < 1.29 is 4.79 Å². The lowest BCUT2D eigenvalue weighted by molar-refractivity contribution is -0.137. The van der Waals surface area contributed by atoms with Crippen LogP contribution < -0.4 is 10.2 Å². The Morgan fingerprint density at radius 1 is 1.27 bits per heavy atom. The van der Waals surface area contributed by atoms with Crippen LogP contribution in [0.4, 0.5) is 5.69 Å². The molecule has 0 saturated carbocycles. The number of carbonyl (C=O) groups excluding carboxylic acids is 1. The van der Waals surface area contributed by atoms with Gasteiger partial charge in [-0.2, -0.15) is 0 Å². The van der Waals surface area contributed by atoms with Crippen molar-refractivity contribution in [2.45, 2.75) is 6.92 Å². The molecule has 2 saturated heterocycles. The van der Waals surface area contributed by atoms with Gasteiger partial charge in [0.15, 0.2) is 0 Å². The van der Waals surface area contributed by atoms with E-state index in [0.717, 1.165) is 50.0 Å². The summed E-state index contributed by atoms with van der Waals surface area (Å²) in [5.41, 5.74) is 1.14. The van der Waals surface area contributed by atoms with Crippen molar-refractivity contribution in [3.05, 3.63) is 29.3 Å². The molecule has 1 atom stereocenters. The van der Waals surface area contributed by atoms with E-state index in [1.165, 1.54) is 0 Å². The third-order valence-electron chi connectivity index (χ3n) is 4.67. The smallest absolute Gasteiger partial charge is 0.225 e. The first-order valence-corrected chi connectivity index (χ1v) is 8.03. The third kappa shape index (κ3) is 3.67. The van der Waals surface area contributed by atoms with Crippen molar-refractivity contribution in [3.8, 4) is 0 Å². The molecule has 0 aromatic heterocycles. The van der Waals surface area contributed by atoms with Crippen LogP contribution in [-0.2, 0) is 4.79 Å². The lowest BCUT2D eigenvalue weighted by atomic mass is 9.88. The van der Waals surface area contributed by atoms with E-state index < -0.39 is 0 Å². The Hall–Kier alpha value is -0.970. The van der Waals surface area contributed by atoms with Crippen LogP contribution in [0.3, 0.4) is 0 Å². The highest BCUT2D eigenvalue weighted by Gasteiger charge is 2.32. The van der Waals surface area contributed by atoms with Crippen molar-refractivity contribution >= 4 is 35.6 Å². The van der Waals surface area contributed by atoms with Gasteiger partial charge < -0.3 is 15.1 Å². The minimum atomic E-state index is 0. The number of hydrogen-bond acceptors (Lipinski definition) is 3. The molecule has 122 valence electrons. The molecule has 2 heterocycles. The molecule has 4 nitrogen and oxygen atoms in total. The third-order valence-corrected chi connectivity index (χ3v) is 4.91. The highest BCUT2D eigenvalue weighted by Crippen LogP contribution is 2.23. The van der Waals surface area contributed by atoms with Gasteiger partial charge in [0.05, 0.1) is 0 Å². The van der Waals surface area contributed by atoms with E-state index in [2.05, 4.69) is 23.2 Å². The Labute approximate surface area is 143 Å². The largest absolute Gasteiger partial charge is 0.368 e. The summed E-state index contributed by atoms with van der Waals surface area (Å²) in [5, 5.41) is 4.00. The molecule has 2 fully saturated rings. The summed E-state index contributed by atoms with van der Waals surface area (Å²) in [6, 6.07) is 7.92. The van der Waals surface area contributed by atoms with Gasteiger partial charge in [0.25, 0.3) is 0 Å².